The van der Waals surface area contributed by atoms with Crippen LogP contribution in [0.5, 0.6) is 11.6 Å². The molecule has 1 fully saturated rings. The number of alkyl halides is 3. The second kappa shape index (κ2) is 13.2. The molecule has 1 saturated heterocycles. The van der Waals surface area contributed by atoms with Crippen molar-refractivity contribution in [2.45, 2.75) is 58.0 Å². The molecule has 3 aromatic rings. The van der Waals surface area contributed by atoms with Gasteiger partial charge in [0.15, 0.2) is 0 Å². The van der Waals surface area contributed by atoms with E-state index < -0.39 is 35.4 Å². The van der Waals surface area contributed by atoms with E-state index in [9.17, 15) is 22.8 Å². The molecule has 0 saturated carbocycles. The van der Waals surface area contributed by atoms with Gasteiger partial charge in [-0.05, 0) is 56.7 Å². The number of likely N-dealkylation sites (tertiary alicyclic amines) is 1. The van der Waals surface area contributed by atoms with Crippen LogP contribution in [0.3, 0.4) is 0 Å². The molecule has 43 heavy (non-hydrogen) atoms. The maximum absolute atomic E-state index is 13.8. The molecule has 2 N–H and O–H groups in total. The van der Waals surface area contributed by atoms with Crippen LogP contribution in [-0.4, -0.2) is 58.8 Å². The fraction of sp³-hybridized carbons (Fsp3) is 0.400. The van der Waals surface area contributed by atoms with E-state index in [1.54, 1.807) is 50.1 Å². The quantitative estimate of drug-likeness (QED) is 0.316. The standard InChI is InChI=1S/C30H34F3N5O5/c1-29(2,3)43-28(40)38-12-8-22(9-13-38)42-23-16-20(30(31,32)33)15-21(17-23)37-27(39)24-6-5-10-35-26(24)36-18-19-7-11-34-25(14-19)41-4/h5-7,10-11,14-17,22H,8-9,12-13,18H2,1-4H3,(H,35,36)(H,37,39). The molecule has 0 bridgehead atoms. The summed E-state index contributed by atoms with van der Waals surface area (Å²) in [7, 11) is 1.50. The first kappa shape index (κ1) is 31.4. The first-order valence-electron chi connectivity index (χ1n) is 13.7. The highest BCUT2D eigenvalue weighted by Crippen LogP contribution is 2.35. The van der Waals surface area contributed by atoms with Crippen LogP contribution in [0.1, 0.15) is 55.1 Å². The number of pyridine rings is 2. The number of piperidine rings is 1. The number of hydrogen-bond acceptors (Lipinski definition) is 8. The monoisotopic (exact) mass is 601 g/mol. The van der Waals surface area contributed by atoms with Gasteiger partial charge in [-0.3, -0.25) is 4.79 Å². The zero-order valence-electron chi connectivity index (χ0n) is 24.3. The van der Waals surface area contributed by atoms with E-state index in [1.807, 2.05) is 0 Å². The molecular formula is C30H34F3N5O5. The highest BCUT2D eigenvalue weighted by Gasteiger charge is 2.33. The molecule has 0 radical (unpaired) electrons. The van der Waals surface area contributed by atoms with E-state index in [1.165, 1.54) is 25.4 Å². The van der Waals surface area contributed by atoms with E-state index in [-0.39, 0.29) is 22.8 Å². The molecule has 1 aliphatic heterocycles. The number of anilines is 2. The topological polar surface area (TPSA) is 115 Å². The Bertz CT molecular complexity index is 1440. The average Bonchev–Trinajstić information content (AvgIpc) is 2.95. The van der Waals surface area contributed by atoms with E-state index >= 15 is 0 Å². The van der Waals surface area contributed by atoms with Gasteiger partial charge in [0.1, 0.15) is 23.3 Å². The summed E-state index contributed by atoms with van der Waals surface area (Å²) in [6.07, 6.45) is -1.65. The van der Waals surface area contributed by atoms with Gasteiger partial charge in [-0.15, -0.1) is 0 Å². The first-order valence-corrected chi connectivity index (χ1v) is 13.7. The third-order valence-corrected chi connectivity index (χ3v) is 6.41. The summed E-state index contributed by atoms with van der Waals surface area (Å²) in [5.41, 5.74) is -0.736. The average molecular weight is 602 g/mol. The minimum atomic E-state index is -4.68. The Hall–Kier alpha value is -4.55. The molecule has 10 nitrogen and oxygen atoms in total. The number of ether oxygens (including phenoxy) is 3. The smallest absolute Gasteiger partial charge is 0.416 e. The summed E-state index contributed by atoms with van der Waals surface area (Å²) in [5, 5.41) is 5.63. The van der Waals surface area contributed by atoms with Gasteiger partial charge in [-0.25, -0.2) is 14.8 Å². The van der Waals surface area contributed by atoms with Crippen LogP contribution in [0.15, 0.2) is 54.9 Å². The van der Waals surface area contributed by atoms with Gasteiger partial charge in [-0.1, -0.05) is 0 Å². The number of nitrogens with one attached hydrogen (secondary N) is 2. The molecule has 230 valence electrons. The molecule has 3 heterocycles. The Morgan fingerprint density at radius 1 is 1.02 bits per heavy atom. The lowest BCUT2D eigenvalue weighted by atomic mass is 10.1. The van der Waals surface area contributed by atoms with Crippen molar-refractivity contribution in [2.24, 2.45) is 0 Å². The van der Waals surface area contributed by atoms with Crippen molar-refractivity contribution in [1.29, 1.82) is 0 Å². The Balaban J connectivity index is 1.46. The Labute approximate surface area is 247 Å². The van der Waals surface area contributed by atoms with E-state index in [2.05, 4.69) is 20.6 Å². The van der Waals surface area contributed by atoms with E-state index in [0.717, 1.165) is 17.7 Å². The lowest BCUT2D eigenvalue weighted by Crippen LogP contribution is -2.44. The largest absolute Gasteiger partial charge is 0.490 e. The third-order valence-electron chi connectivity index (χ3n) is 6.41. The second-order valence-corrected chi connectivity index (χ2v) is 10.9. The van der Waals surface area contributed by atoms with Crippen molar-refractivity contribution >= 4 is 23.5 Å². The molecule has 0 aliphatic carbocycles. The zero-order valence-corrected chi connectivity index (χ0v) is 24.3. The van der Waals surface area contributed by atoms with Crippen LogP contribution in [0.25, 0.3) is 0 Å². The predicted molar refractivity (Wildman–Crippen MR) is 153 cm³/mol. The first-order chi connectivity index (χ1) is 20.3. The highest BCUT2D eigenvalue weighted by molar-refractivity contribution is 6.07. The molecule has 0 unspecified atom stereocenters. The number of amides is 2. The number of halogens is 3. The molecule has 13 heteroatoms. The van der Waals surface area contributed by atoms with Crippen LogP contribution in [-0.2, 0) is 17.5 Å². The lowest BCUT2D eigenvalue weighted by Gasteiger charge is -2.33. The van der Waals surface area contributed by atoms with Gasteiger partial charge in [0.05, 0.1) is 18.2 Å². The SMILES string of the molecule is COc1cc(CNc2ncccc2C(=O)Nc2cc(OC3CCN(C(=O)OC(C)(C)C)CC3)cc(C(F)(F)F)c2)ccn1. The molecule has 4 rings (SSSR count). The summed E-state index contributed by atoms with van der Waals surface area (Å²) < 4.78 is 57.8. The number of carbonyl (C=O) groups is 2. The summed E-state index contributed by atoms with van der Waals surface area (Å²) in [5.74, 6) is -0.0266. The van der Waals surface area contributed by atoms with Crippen molar-refractivity contribution in [1.82, 2.24) is 14.9 Å². The maximum atomic E-state index is 13.8. The number of rotatable bonds is 8. The number of carbonyl (C=O) groups excluding carboxylic acids is 2. The highest BCUT2D eigenvalue weighted by atomic mass is 19.4. The van der Waals surface area contributed by atoms with Gasteiger partial charge in [0.2, 0.25) is 5.88 Å². The third kappa shape index (κ3) is 8.97. The zero-order chi connectivity index (χ0) is 31.2. The van der Waals surface area contributed by atoms with E-state index in [0.29, 0.717) is 38.4 Å². The molecule has 2 amide bonds. The summed E-state index contributed by atoms with van der Waals surface area (Å²) in [6.45, 7) is 6.30. The predicted octanol–water partition coefficient (Wildman–Crippen LogP) is 6.15. The minimum absolute atomic E-state index is 0.0444. The fourth-order valence-corrected chi connectivity index (χ4v) is 4.36. The van der Waals surface area contributed by atoms with Crippen LogP contribution >= 0.6 is 0 Å². The molecule has 0 atom stereocenters. The van der Waals surface area contributed by atoms with Crippen molar-refractivity contribution < 1.29 is 37.0 Å². The van der Waals surface area contributed by atoms with Gasteiger partial charge in [0, 0.05) is 62.7 Å². The Kier molecular flexibility index (Phi) is 9.62. The summed E-state index contributed by atoms with van der Waals surface area (Å²) in [4.78, 5) is 35.4. The van der Waals surface area contributed by atoms with Gasteiger partial charge in [-0.2, -0.15) is 13.2 Å². The van der Waals surface area contributed by atoms with Gasteiger partial charge < -0.3 is 29.7 Å². The van der Waals surface area contributed by atoms with Crippen molar-refractivity contribution in [3.63, 3.8) is 0 Å². The van der Waals surface area contributed by atoms with Gasteiger partial charge in [0.25, 0.3) is 5.91 Å². The number of aromatic nitrogens is 2. The van der Waals surface area contributed by atoms with Crippen molar-refractivity contribution in [3.05, 3.63) is 71.5 Å². The second-order valence-electron chi connectivity index (χ2n) is 10.9. The lowest BCUT2D eigenvalue weighted by molar-refractivity contribution is -0.137. The molecule has 2 aromatic heterocycles. The Morgan fingerprint density at radius 3 is 2.44 bits per heavy atom. The minimum Gasteiger partial charge on any atom is -0.490 e. The van der Waals surface area contributed by atoms with Crippen molar-refractivity contribution in [3.8, 4) is 11.6 Å². The Morgan fingerprint density at radius 2 is 1.77 bits per heavy atom. The van der Waals surface area contributed by atoms with Crippen molar-refractivity contribution in [2.75, 3.05) is 30.8 Å². The van der Waals surface area contributed by atoms with Crippen LogP contribution in [0.4, 0.5) is 29.5 Å². The molecule has 1 aromatic carbocycles. The van der Waals surface area contributed by atoms with Crippen LogP contribution in [0, 0.1) is 0 Å². The number of nitrogens with zero attached hydrogens (tertiary/aromatic N) is 3. The number of hydrogen-bond donors (Lipinski definition) is 2. The normalized spacial score (nSPS) is 14.2. The number of methoxy groups -OCH3 is 1. The molecular weight excluding hydrogens is 567 g/mol. The van der Waals surface area contributed by atoms with Gasteiger partial charge >= 0.3 is 12.3 Å². The maximum Gasteiger partial charge on any atom is 0.416 e. The summed E-state index contributed by atoms with van der Waals surface area (Å²) >= 11 is 0. The molecule has 0 spiro atoms. The van der Waals surface area contributed by atoms with Crippen LogP contribution in [0.2, 0.25) is 0 Å². The van der Waals surface area contributed by atoms with E-state index in [4.69, 9.17) is 14.2 Å². The molecule has 1 aliphatic rings. The van der Waals surface area contributed by atoms with Crippen LogP contribution < -0.4 is 20.1 Å². The summed E-state index contributed by atoms with van der Waals surface area (Å²) in [6, 6.07) is 9.66. The fourth-order valence-electron chi connectivity index (χ4n) is 4.36. The number of benzene rings is 1.